The molecule has 0 spiro atoms. The van der Waals surface area contributed by atoms with E-state index in [0.717, 1.165) is 12.8 Å². The maximum absolute atomic E-state index is 11.5. The fraction of sp³-hybridized carbons (Fsp3) is 0.462. The van der Waals surface area contributed by atoms with Crippen LogP contribution in [0.5, 0.6) is 0 Å². The van der Waals surface area contributed by atoms with Gasteiger partial charge in [-0.25, -0.2) is 4.79 Å². The van der Waals surface area contributed by atoms with E-state index in [1.54, 1.807) is 12.4 Å². The molecule has 0 aromatic rings. The molecule has 1 rings (SSSR count). The van der Waals surface area contributed by atoms with Crippen molar-refractivity contribution in [2.24, 2.45) is 5.92 Å². The zero-order valence-electron chi connectivity index (χ0n) is 10.2. The van der Waals surface area contributed by atoms with Gasteiger partial charge in [-0.2, -0.15) is 0 Å². The van der Waals surface area contributed by atoms with Gasteiger partial charge in [0.15, 0.2) is 0 Å². The molecule has 4 nitrogen and oxygen atoms in total. The molecule has 4 heteroatoms. The molecule has 0 atom stereocenters. The van der Waals surface area contributed by atoms with Crippen molar-refractivity contribution in [2.75, 3.05) is 13.2 Å². The molecule has 0 aromatic heterocycles. The van der Waals surface area contributed by atoms with Gasteiger partial charge in [-0.05, 0) is 18.8 Å². The molecule has 17 heavy (non-hydrogen) atoms. The zero-order valence-corrected chi connectivity index (χ0v) is 10.2. The van der Waals surface area contributed by atoms with Gasteiger partial charge in [0.05, 0.1) is 19.5 Å². The molecule has 0 N–H and O–H groups in total. The van der Waals surface area contributed by atoms with Crippen LogP contribution in [-0.4, -0.2) is 24.2 Å². The van der Waals surface area contributed by atoms with Crippen LogP contribution in [-0.2, 0) is 9.47 Å². The molecular formula is C13H19NO3. The summed E-state index contributed by atoms with van der Waals surface area (Å²) in [6, 6.07) is 0. The van der Waals surface area contributed by atoms with Crippen LogP contribution in [0.3, 0.4) is 0 Å². The molecular weight excluding hydrogens is 218 g/mol. The van der Waals surface area contributed by atoms with Gasteiger partial charge in [-0.15, -0.1) is 0 Å². The van der Waals surface area contributed by atoms with Crippen molar-refractivity contribution in [3.8, 4) is 0 Å². The Balaban J connectivity index is 2.11. The molecule has 1 aliphatic heterocycles. The van der Waals surface area contributed by atoms with Gasteiger partial charge in [-0.1, -0.05) is 25.7 Å². The molecule has 0 saturated heterocycles. The Morgan fingerprint density at radius 2 is 2.00 bits per heavy atom. The number of unbranched alkanes of at least 4 members (excludes halogenated alkanes) is 1. The van der Waals surface area contributed by atoms with Gasteiger partial charge in [0, 0.05) is 12.4 Å². The van der Waals surface area contributed by atoms with Crippen molar-refractivity contribution in [1.82, 2.24) is 4.90 Å². The molecule has 1 amide bonds. The lowest BCUT2D eigenvalue weighted by atomic mass is 10.1. The Bertz CT molecular complexity index is 296. The number of hydrogen-bond acceptors (Lipinski definition) is 3. The second kappa shape index (κ2) is 7.54. The van der Waals surface area contributed by atoms with Crippen LogP contribution in [0, 0.1) is 5.92 Å². The number of hydrogen-bond donors (Lipinski definition) is 0. The standard InChI is InChI=1S/C13H19NO3/c1-3-16-10-4-5-11-17-13(15)14-8-6-12(2)7-9-14/h3,6-9,12H,1,4-5,10-11H2,2H3. The first kappa shape index (κ1) is 13.4. The van der Waals surface area contributed by atoms with E-state index in [1.807, 2.05) is 12.2 Å². The highest BCUT2D eigenvalue weighted by Crippen LogP contribution is 2.10. The van der Waals surface area contributed by atoms with E-state index in [2.05, 4.69) is 13.5 Å². The number of ether oxygens (including phenoxy) is 2. The normalized spacial score (nSPS) is 14.8. The number of rotatable bonds is 6. The summed E-state index contributed by atoms with van der Waals surface area (Å²) in [7, 11) is 0. The molecule has 0 bridgehead atoms. The van der Waals surface area contributed by atoms with Crippen molar-refractivity contribution >= 4 is 6.09 Å². The highest BCUT2D eigenvalue weighted by Gasteiger charge is 2.11. The fourth-order valence-electron chi connectivity index (χ4n) is 1.30. The van der Waals surface area contributed by atoms with Crippen LogP contribution in [0.25, 0.3) is 0 Å². The molecule has 0 saturated carbocycles. The lowest BCUT2D eigenvalue weighted by Crippen LogP contribution is -2.23. The highest BCUT2D eigenvalue weighted by molar-refractivity contribution is 5.70. The summed E-state index contributed by atoms with van der Waals surface area (Å²) in [5, 5.41) is 0. The monoisotopic (exact) mass is 237 g/mol. The van der Waals surface area contributed by atoms with Crippen molar-refractivity contribution < 1.29 is 14.3 Å². The molecule has 0 fully saturated rings. The number of nitrogens with zero attached hydrogens (tertiary/aromatic N) is 1. The third kappa shape index (κ3) is 5.24. The van der Waals surface area contributed by atoms with Gasteiger partial charge in [0.2, 0.25) is 0 Å². The summed E-state index contributed by atoms with van der Waals surface area (Å²) in [6.45, 7) is 6.52. The minimum absolute atomic E-state index is 0.339. The van der Waals surface area contributed by atoms with E-state index in [-0.39, 0.29) is 6.09 Å². The van der Waals surface area contributed by atoms with Gasteiger partial charge in [-0.3, -0.25) is 4.90 Å². The van der Waals surface area contributed by atoms with E-state index in [4.69, 9.17) is 9.47 Å². The van der Waals surface area contributed by atoms with Crippen LogP contribution in [0.15, 0.2) is 37.4 Å². The average Bonchev–Trinajstić information content (AvgIpc) is 2.34. The van der Waals surface area contributed by atoms with Crippen LogP contribution in [0.4, 0.5) is 4.79 Å². The smallest absolute Gasteiger partial charge is 0.417 e. The summed E-state index contributed by atoms with van der Waals surface area (Å²) in [5.74, 6) is 0.370. The Morgan fingerprint density at radius 1 is 1.35 bits per heavy atom. The Kier molecular flexibility index (Phi) is 5.93. The maximum Gasteiger partial charge on any atom is 0.417 e. The summed E-state index contributed by atoms with van der Waals surface area (Å²) < 4.78 is 10.1. The SMILES string of the molecule is C=COCCCCOC(=O)N1C=CC(C)C=C1. The molecule has 0 aromatic carbocycles. The third-order valence-corrected chi connectivity index (χ3v) is 2.31. The molecule has 1 heterocycles. The topological polar surface area (TPSA) is 38.8 Å². The van der Waals surface area contributed by atoms with Crippen LogP contribution in [0.1, 0.15) is 19.8 Å². The van der Waals surface area contributed by atoms with Crippen LogP contribution in [0.2, 0.25) is 0 Å². The highest BCUT2D eigenvalue weighted by atomic mass is 16.6. The van der Waals surface area contributed by atoms with E-state index >= 15 is 0 Å². The first-order valence-corrected chi connectivity index (χ1v) is 5.78. The van der Waals surface area contributed by atoms with E-state index in [0.29, 0.717) is 19.1 Å². The maximum atomic E-state index is 11.5. The zero-order chi connectivity index (χ0) is 12.5. The van der Waals surface area contributed by atoms with Gasteiger partial charge in [0.1, 0.15) is 0 Å². The summed E-state index contributed by atoms with van der Waals surface area (Å²) in [4.78, 5) is 13.0. The molecule has 0 aliphatic carbocycles. The first-order valence-electron chi connectivity index (χ1n) is 5.78. The van der Waals surface area contributed by atoms with Crippen LogP contribution >= 0.6 is 0 Å². The summed E-state index contributed by atoms with van der Waals surface area (Å²) in [6.07, 6.45) is 10.1. The number of carbonyl (C=O) groups is 1. The number of amides is 1. The van der Waals surface area contributed by atoms with Crippen molar-refractivity contribution in [3.05, 3.63) is 37.4 Å². The molecule has 0 unspecified atom stereocenters. The largest absolute Gasteiger partial charge is 0.502 e. The Labute approximate surface area is 102 Å². The molecule has 94 valence electrons. The predicted molar refractivity (Wildman–Crippen MR) is 66.0 cm³/mol. The lowest BCUT2D eigenvalue weighted by Gasteiger charge is -2.17. The second-order valence-electron chi connectivity index (χ2n) is 3.81. The Morgan fingerprint density at radius 3 is 2.65 bits per heavy atom. The summed E-state index contributed by atoms with van der Waals surface area (Å²) >= 11 is 0. The number of carbonyl (C=O) groups excluding carboxylic acids is 1. The minimum Gasteiger partial charge on any atom is -0.502 e. The van der Waals surface area contributed by atoms with Crippen molar-refractivity contribution in [1.29, 1.82) is 0 Å². The Hall–Kier alpha value is -1.71. The lowest BCUT2D eigenvalue weighted by molar-refractivity contribution is 0.122. The molecule has 1 aliphatic rings. The average molecular weight is 237 g/mol. The van der Waals surface area contributed by atoms with Crippen molar-refractivity contribution in [2.45, 2.75) is 19.8 Å². The number of allylic oxidation sites excluding steroid dienone is 2. The van der Waals surface area contributed by atoms with Gasteiger partial charge < -0.3 is 9.47 Å². The van der Waals surface area contributed by atoms with E-state index < -0.39 is 0 Å². The third-order valence-electron chi connectivity index (χ3n) is 2.31. The fourth-order valence-corrected chi connectivity index (χ4v) is 1.30. The summed E-state index contributed by atoms with van der Waals surface area (Å²) in [5.41, 5.74) is 0. The van der Waals surface area contributed by atoms with Gasteiger partial charge >= 0.3 is 6.09 Å². The first-order chi connectivity index (χ1) is 8.24. The van der Waals surface area contributed by atoms with Gasteiger partial charge in [0.25, 0.3) is 0 Å². The van der Waals surface area contributed by atoms with Crippen molar-refractivity contribution in [3.63, 3.8) is 0 Å². The quantitative estimate of drug-likeness (QED) is 0.526. The van der Waals surface area contributed by atoms with Crippen LogP contribution < -0.4 is 0 Å². The predicted octanol–water partition coefficient (Wildman–Crippen LogP) is 3.04. The van der Waals surface area contributed by atoms with E-state index in [1.165, 1.54) is 11.2 Å². The minimum atomic E-state index is -0.339. The molecule has 0 radical (unpaired) electrons. The van der Waals surface area contributed by atoms with E-state index in [9.17, 15) is 4.79 Å². The second-order valence-corrected chi connectivity index (χ2v) is 3.81.